The summed E-state index contributed by atoms with van der Waals surface area (Å²) in [5.74, 6) is 5.97. The van der Waals surface area contributed by atoms with Crippen LogP contribution < -0.4 is 11.3 Å². The summed E-state index contributed by atoms with van der Waals surface area (Å²) < 4.78 is 6.05. The summed E-state index contributed by atoms with van der Waals surface area (Å²) in [6, 6.07) is 0.198. The van der Waals surface area contributed by atoms with E-state index in [4.69, 9.17) is 10.6 Å². The van der Waals surface area contributed by atoms with Gasteiger partial charge in [0.15, 0.2) is 0 Å². The molecule has 0 aliphatic heterocycles. The fraction of sp³-hybridized carbons (Fsp3) is 0.882. The highest BCUT2D eigenvalue weighted by atomic mass is 16.5. The highest BCUT2D eigenvalue weighted by Crippen LogP contribution is 2.37. The maximum Gasteiger partial charge on any atom is 0.0882 e. The lowest BCUT2D eigenvalue weighted by molar-refractivity contribution is -0.0443. The third kappa shape index (κ3) is 3.84. The molecule has 1 atom stereocenters. The molecule has 0 saturated heterocycles. The van der Waals surface area contributed by atoms with E-state index in [2.05, 4.69) is 11.5 Å². The predicted molar refractivity (Wildman–Crippen MR) is 84.3 cm³/mol. The number of nitrogens with one attached hydrogen (secondary N) is 1. The maximum absolute atomic E-state index is 6.05. The molecule has 1 unspecified atom stereocenters. The van der Waals surface area contributed by atoms with Crippen molar-refractivity contribution >= 4 is 0 Å². The van der Waals surface area contributed by atoms with Crippen LogP contribution in [0.1, 0.15) is 77.0 Å². The number of rotatable bonds is 4. The second-order valence-corrected chi connectivity index (χ2v) is 6.51. The molecular weight excluding hydrogens is 248 g/mol. The van der Waals surface area contributed by atoms with Gasteiger partial charge in [0.05, 0.1) is 11.6 Å². The molecule has 2 aliphatic rings. The van der Waals surface area contributed by atoms with Gasteiger partial charge in [-0.3, -0.25) is 11.3 Å². The average Bonchev–Trinajstić information content (AvgIpc) is 2.68. The molecule has 3 nitrogen and oxygen atoms in total. The molecule has 116 valence electrons. The summed E-state index contributed by atoms with van der Waals surface area (Å²) >= 11 is 0. The monoisotopic (exact) mass is 280 g/mol. The third-order valence-electron chi connectivity index (χ3n) is 5.25. The zero-order chi connectivity index (χ0) is 14.3. The average molecular weight is 280 g/mol. The van der Waals surface area contributed by atoms with Gasteiger partial charge in [-0.15, -0.1) is 0 Å². The van der Waals surface area contributed by atoms with Crippen LogP contribution in [0.3, 0.4) is 0 Å². The molecule has 0 aromatic rings. The second-order valence-electron chi connectivity index (χ2n) is 6.51. The topological polar surface area (TPSA) is 47.3 Å². The Bertz CT molecular complexity index is 306. The summed E-state index contributed by atoms with van der Waals surface area (Å²) in [4.78, 5) is 0. The Hall–Kier alpha value is -0.380. The molecule has 0 heterocycles. The number of ether oxygens (including phenoxy) is 1. The minimum Gasteiger partial charge on any atom is -0.376 e. The first-order valence-electron chi connectivity index (χ1n) is 8.52. The highest BCUT2D eigenvalue weighted by molar-refractivity contribution is 5.18. The molecule has 1 fully saturated rings. The van der Waals surface area contributed by atoms with Gasteiger partial charge in [-0.2, -0.15) is 0 Å². The Labute approximate surface area is 124 Å². The second kappa shape index (κ2) is 8.16. The molecule has 0 radical (unpaired) electrons. The fourth-order valence-electron chi connectivity index (χ4n) is 4.01. The van der Waals surface area contributed by atoms with Crippen molar-refractivity contribution in [2.24, 2.45) is 5.84 Å². The van der Waals surface area contributed by atoms with E-state index in [1.807, 2.05) is 7.11 Å². The van der Waals surface area contributed by atoms with Gasteiger partial charge in [0.1, 0.15) is 0 Å². The van der Waals surface area contributed by atoms with Crippen LogP contribution in [-0.4, -0.2) is 18.8 Å². The molecule has 0 aromatic heterocycles. The zero-order valence-electron chi connectivity index (χ0n) is 13.1. The van der Waals surface area contributed by atoms with E-state index in [1.165, 1.54) is 69.8 Å². The van der Waals surface area contributed by atoms with Gasteiger partial charge in [-0.25, -0.2) is 0 Å². The highest BCUT2D eigenvalue weighted by Gasteiger charge is 2.40. The molecule has 0 spiro atoms. The fourth-order valence-corrected chi connectivity index (χ4v) is 4.01. The Morgan fingerprint density at radius 3 is 2.35 bits per heavy atom. The van der Waals surface area contributed by atoms with Crippen LogP contribution >= 0.6 is 0 Å². The lowest BCUT2D eigenvalue weighted by Gasteiger charge is -2.40. The number of nitrogens with two attached hydrogens (primary N) is 1. The normalized spacial score (nSPS) is 26.0. The van der Waals surface area contributed by atoms with Crippen molar-refractivity contribution in [1.29, 1.82) is 0 Å². The van der Waals surface area contributed by atoms with Crippen LogP contribution in [-0.2, 0) is 4.74 Å². The smallest absolute Gasteiger partial charge is 0.0882 e. The molecule has 2 rings (SSSR count). The van der Waals surface area contributed by atoms with E-state index >= 15 is 0 Å². The van der Waals surface area contributed by atoms with Crippen molar-refractivity contribution in [2.45, 2.75) is 88.7 Å². The van der Waals surface area contributed by atoms with Gasteiger partial charge in [0.2, 0.25) is 0 Å². The summed E-state index contributed by atoms with van der Waals surface area (Å²) in [5, 5.41) is 0. The van der Waals surface area contributed by atoms with Crippen LogP contribution in [0.15, 0.2) is 11.6 Å². The lowest BCUT2D eigenvalue weighted by atomic mass is 9.79. The summed E-state index contributed by atoms with van der Waals surface area (Å²) in [6.45, 7) is 0. The van der Waals surface area contributed by atoms with Crippen LogP contribution in [0, 0.1) is 0 Å². The number of methoxy groups -OCH3 is 1. The van der Waals surface area contributed by atoms with Crippen molar-refractivity contribution in [2.75, 3.05) is 7.11 Å². The van der Waals surface area contributed by atoms with Crippen LogP contribution in [0.2, 0.25) is 0 Å². The van der Waals surface area contributed by atoms with Crippen molar-refractivity contribution in [3.63, 3.8) is 0 Å². The minimum absolute atomic E-state index is 0.0870. The standard InChI is InChI=1S/C17H32N2O/c1-20-17(13-9-5-6-10-14-17)16(19-18)15-11-7-3-2-4-8-12-15/h11,16,19H,2-10,12-14,18H2,1H3. The van der Waals surface area contributed by atoms with Crippen molar-refractivity contribution in [3.05, 3.63) is 11.6 Å². The molecule has 1 saturated carbocycles. The summed E-state index contributed by atoms with van der Waals surface area (Å²) in [7, 11) is 1.87. The number of allylic oxidation sites excluding steroid dienone is 1. The van der Waals surface area contributed by atoms with E-state index in [0.29, 0.717) is 0 Å². The van der Waals surface area contributed by atoms with E-state index in [1.54, 1.807) is 0 Å². The van der Waals surface area contributed by atoms with Crippen molar-refractivity contribution in [1.82, 2.24) is 5.43 Å². The summed E-state index contributed by atoms with van der Waals surface area (Å²) in [5.41, 5.74) is 4.53. The van der Waals surface area contributed by atoms with Crippen LogP contribution in [0.4, 0.5) is 0 Å². The van der Waals surface area contributed by atoms with E-state index < -0.39 is 0 Å². The number of hydrogen-bond acceptors (Lipinski definition) is 3. The Morgan fingerprint density at radius 1 is 1.05 bits per heavy atom. The van der Waals surface area contributed by atoms with E-state index in [-0.39, 0.29) is 11.6 Å². The Morgan fingerprint density at radius 2 is 1.70 bits per heavy atom. The number of hydrogen-bond donors (Lipinski definition) is 2. The SMILES string of the molecule is COC1(C(NN)C2=CCCCCCC2)CCCCCC1. The van der Waals surface area contributed by atoms with E-state index in [0.717, 1.165) is 12.8 Å². The summed E-state index contributed by atoms with van der Waals surface area (Å²) in [6.07, 6.45) is 17.6. The van der Waals surface area contributed by atoms with Crippen molar-refractivity contribution < 1.29 is 4.74 Å². The molecule has 20 heavy (non-hydrogen) atoms. The molecular formula is C17H32N2O. The molecule has 3 heteroatoms. The maximum atomic E-state index is 6.05. The third-order valence-corrected chi connectivity index (χ3v) is 5.25. The van der Waals surface area contributed by atoms with E-state index in [9.17, 15) is 0 Å². The van der Waals surface area contributed by atoms with Gasteiger partial charge in [0.25, 0.3) is 0 Å². The quantitative estimate of drug-likeness (QED) is 0.356. The first kappa shape index (κ1) is 16.0. The molecule has 0 bridgehead atoms. The zero-order valence-corrected chi connectivity index (χ0v) is 13.1. The molecule has 0 amide bonds. The lowest BCUT2D eigenvalue weighted by Crippen LogP contribution is -2.55. The number of hydrazine groups is 1. The molecule has 2 aliphatic carbocycles. The van der Waals surface area contributed by atoms with Gasteiger partial charge in [-0.1, -0.05) is 50.2 Å². The van der Waals surface area contributed by atoms with Gasteiger partial charge in [-0.05, 0) is 38.5 Å². The van der Waals surface area contributed by atoms with Gasteiger partial charge in [0, 0.05) is 7.11 Å². The first-order chi connectivity index (χ1) is 9.82. The van der Waals surface area contributed by atoms with Gasteiger partial charge >= 0.3 is 0 Å². The first-order valence-corrected chi connectivity index (χ1v) is 8.52. The molecule has 3 N–H and O–H groups in total. The van der Waals surface area contributed by atoms with Crippen LogP contribution in [0.25, 0.3) is 0 Å². The largest absolute Gasteiger partial charge is 0.376 e. The van der Waals surface area contributed by atoms with Crippen LogP contribution in [0.5, 0.6) is 0 Å². The molecule has 0 aromatic carbocycles. The Balaban J connectivity index is 2.18. The van der Waals surface area contributed by atoms with Gasteiger partial charge < -0.3 is 4.74 Å². The minimum atomic E-state index is -0.0870. The van der Waals surface area contributed by atoms with Crippen molar-refractivity contribution in [3.8, 4) is 0 Å². The Kier molecular flexibility index (Phi) is 6.53. The predicted octanol–water partition coefficient (Wildman–Crippen LogP) is 3.84.